The Morgan fingerprint density at radius 1 is 1.22 bits per heavy atom. The largest absolute Gasteiger partial charge is 0.504 e. The topological polar surface area (TPSA) is 70.0 Å². The third-order valence-corrected chi connectivity index (χ3v) is 4.22. The number of hydrogen-bond acceptors (Lipinski definition) is 4. The summed E-state index contributed by atoms with van der Waals surface area (Å²) in [7, 11) is 0. The molecule has 1 aliphatic heterocycles. The molecule has 0 aliphatic carbocycles. The summed E-state index contributed by atoms with van der Waals surface area (Å²) in [6, 6.07) is 12.4. The zero-order chi connectivity index (χ0) is 16.4. The molecule has 2 aromatic rings. The summed E-state index contributed by atoms with van der Waals surface area (Å²) in [6.45, 7) is 2.64. The van der Waals surface area contributed by atoms with Crippen molar-refractivity contribution in [3.8, 4) is 11.5 Å². The van der Waals surface area contributed by atoms with Crippen molar-refractivity contribution in [1.29, 1.82) is 0 Å². The normalized spacial score (nSPS) is 16.7. The molecule has 1 amide bonds. The van der Waals surface area contributed by atoms with Gasteiger partial charge in [-0.2, -0.15) is 0 Å². The van der Waals surface area contributed by atoms with Crippen molar-refractivity contribution < 1.29 is 19.7 Å². The van der Waals surface area contributed by atoms with Crippen molar-refractivity contribution in [2.24, 2.45) is 0 Å². The van der Waals surface area contributed by atoms with Crippen LogP contribution in [0.1, 0.15) is 29.7 Å². The first-order valence-corrected chi connectivity index (χ1v) is 7.58. The fourth-order valence-corrected chi connectivity index (χ4v) is 2.90. The van der Waals surface area contributed by atoms with Crippen molar-refractivity contribution in [3.05, 3.63) is 59.2 Å². The predicted octanol–water partition coefficient (Wildman–Crippen LogP) is 3.35. The first-order valence-electron chi connectivity index (χ1n) is 7.58. The molecule has 5 nitrogen and oxygen atoms in total. The molecule has 120 valence electrons. The third-order valence-electron chi connectivity index (χ3n) is 4.22. The molecular weight excluding hydrogens is 294 g/mol. The van der Waals surface area contributed by atoms with Gasteiger partial charge < -0.3 is 19.8 Å². The molecule has 1 atom stereocenters. The molecule has 0 fully saturated rings. The van der Waals surface area contributed by atoms with Gasteiger partial charge in [0, 0.05) is 6.54 Å². The van der Waals surface area contributed by atoms with E-state index in [1.165, 1.54) is 6.07 Å². The Balaban J connectivity index is 1.71. The van der Waals surface area contributed by atoms with Crippen molar-refractivity contribution in [2.75, 3.05) is 6.54 Å². The van der Waals surface area contributed by atoms with Crippen molar-refractivity contribution in [3.63, 3.8) is 0 Å². The first kappa shape index (κ1) is 15.2. The Morgan fingerprint density at radius 2 is 1.91 bits per heavy atom. The van der Waals surface area contributed by atoms with Crippen LogP contribution in [-0.2, 0) is 17.8 Å². The Kier molecular flexibility index (Phi) is 4.10. The Hall–Kier alpha value is -2.69. The van der Waals surface area contributed by atoms with Crippen LogP contribution in [0.3, 0.4) is 0 Å². The number of aromatic hydroxyl groups is 2. The monoisotopic (exact) mass is 313 g/mol. The number of carbonyl (C=O) groups excluding carboxylic acids is 1. The standard InChI is InChI=1S/C18H19NO4/c1-12-15-10-17(21)16(20)9-14(15)7-8-19(12)18(22)23-11-13-5-3-2-4-6-13/h2-6,9-10,12,20-21H,7-8,11H2,1H3. The minimum Gasteiger partial charge on any atom is -0.504 e. The highest BCUT2D eigenvalue weighted by atomic mass is 16.6. The second-order valence-electron chi connectivity index (χ2n) is 5.70. The Labute approximate surface area is 134 Å². The van der Waals surface area contributed by atoms with E-state index in [1.807, 2.05) is 37.3 Å². The maximum Gasteiger partial charge on any atom is 0.410 e. The number of ether oxygens (including phenoxy) is 1. The number of phenols is 2. The molecule has 5 heteroatoms. The highest BCUT2D eigenvalue weighted by Gasteiger charge is 2.29. The highest BCUT2D eigenvalue weighted by molar-refractivity contribution is 5.69. The van der Waals surface area contributed by atoms with E-state index in [0.29, 0.717) is 13.0 Å². The second kappa shape index (κ2) is 6.20. The van der Waals surface area contributed by atoms with Crippen LogP contribution in [0, 0.1) is 0 Å². The summed E-state index contributed by atoms with van der Waals surface area (Å²) in [5.41, 5.74) is 2.72. The minimum absolute atomic E-state index is 0.129. The van der Waals surface area contributed by atoms with Gasteiger partial charge in [0.2, 0.25) is 0 Å². The van der Waals surface area contributed by atoms with E-state index in [1.54, 1.807) is 11.0 Å². The summed E-state index contributed by atoms with van der Waals surface area (Å²) in [5, 5.41) is 19.3. The van der Waals surface area contributed by atoms with Gasteiger partial charge in [0.1, 0.15) is 6.61 Å². The van der Waals surface area contributed by atoms with E-state index in [9.17, 15) is 15.0 Å². The SMILES string of the molecule is CC1c2cc(O)c(O)cc2CCN1C(=O)OCc1ccccc1. The number of amides is 1. The smallest absolute Gasteiger partial charge is 0.410 e. The van der Waals surface area contributed by atoms with Crippen LogP contribution >= 0.6 is 0 Å². The number of rotatable bonds is 2. The Morgan fingerprint density at radius 3 is 2.65 bits per heavy atom. The molecule has 3 rings (SSSR count). The van der Waals surface area contributed by atoms with Crippen LogP contribution in [0.5, 0.6) is 11.5 Å². The van der Waals surface area contributed by atoms with Gasteiger partial charge in [-0.1, -0.05) is 30.3 Å². The van der Waals surface area contributed by atoms with Crippen LogP contribution in [0.15, 0.2) is 42.5 Å². The summed E-state index contributed by atoms with van der Waals surface area (Å²) < 4.78 is 5.38. The highest BCUT2D eigenvalue weighted by Crippen LogP contribution is 2.36. The van der Waals surface area contributed by atoms with E-state index < -0.39 is 0 Å². The molecule has 0 saturated heterocycles. The van der Waals surface area contributed by atoms with Gasteiger partial charge in [-0.3, -0.25) is 0 Å². The van der Waals surface area contributed by atoms with Crippen LogP contribution in [0.2, 0.25) is 0 Å². The third kappa shape index (κ3) is 3.08. The summed E-state index contributed by atoms with van der Waals surface area (Å²) >= 11 is 0. The lowest BCUT2D eigenvalue weighted by Crippen LogP contribution is -2.39. The minimum atomic E-state index is -0.375. The molecule has 2 N–H and O–H groups in total. The van der Waals surface area contributed by atoms with Gasteiger partial charge in [-0.05, 0) is 42.2 Å². The second-order valence-corrected chi connectivity index (χ2v) is 5.70. The lowest BCUT2D eigenvalue weighted by Gasteiger charge is -2.34. The van der Waals surface area contributed by atoms with E-state index in [2.05, 4.69) is 0 Å². The lowest BCUT2D eigenvalue weighted by molar-refractivity contribution is 0.0802. The summed E-state index contributed by atoms with van der Waals surface area (Å²) in [6.07, 6.45) is 0.244. The summed E-state index contributed by atoms with van der Waals surface area (Å²) in [4.78, 5) is 14.0. The molecule has 2 aromatic carbocycles. The van der Waals surface area contributed by atoms with Gasteiger partial charge >= 0.3 is 6.09 Å². The molecule has 1 heterocycles. The molecule has 1 unspecified atom stereocenters. The van der Waals surface area contributed by atoms with Crippen molar-refractivity contribution >= 4 is 6.09 Å². The average Bonchev–Trinajstić information content (AvgIpc) is 2.56. The number of benzene rings is 2. The molecule has 0 bridgehead atoms. The van der Waals surface area contributed by atoms with E-state index in [0.717, 1.165) is 16.7 Å². The van der Waals surface area contributed by atoms with Gasteiger partial charge in [0.05, 0.1) is 6.04 Å². The molecule has 0 saturated carbocycles. The molecule has 0 radical (unpaired) electrons. The number of phenolic OH excluding ortho intramolecular Hbond substituents is 2. The lowest BCUT2D eigenvalue weighted by atomic mass is 9.93. The number of nitrogens with zero attached hydrogens (tertiary/aromatic N) is 1. The maximum absolute atomic E-state index is 12.3. The van der Waals surface area contributed by atoms with E-state index in [-0.39, 0.29) is 30.2 Å². The molecule has 1 aliphatic rings. The fraction of sp³-hybridized carbons (Fsp3) is 0.278. The zero-order valence-electron chi connectivity index (χ0n) is 12.9. The first-order chi connectivity index (χ1) is 11.1. The van der Waals surface area contributed by atoms with E-state index in [4.69, 9.17) is 4.74 Å². The van der Waals surface area contributed by atoms with Gasteiger partial charge in [-0.15, -0.1) is 0 Å². The van der Waals surface area contributed by atoms with Crippen molar-refractivity contribution in [2.45, 2.75) is 26.0 Å². The molecule has 23 heavy (non-hydrogen) atoms. The maximum atomic E-state index is 12.3. The zero-order valence-corrected chi connectivity index (χ0v) is 12.9. The number of carbonyl (C=O) groups is 1. The fourth-order valence-electron chi connectivity index (χ4n) is 2.90. The van der Waals surface area contributed by atoms with Crippen LogP contribution in [-0.4, -0.2) is 27.8 Å². The molecule has 0 aromatic heterocycles. The van der Waals surface area contributed by atoms with Crippen molar-refractivity contribution in [1.82, 2.24) is 4.90 Å². The average molecular weight is 313 g/mol. The molecular formula is C18H19NO4. The molecule has 0 spiro atoms. The Bertz CT molecular complexity index is 714. The van der Waals surface area contributed by atoms with Gasteiger partial charge in [0.25, 0.3) is 0 Å². The van der Waals surface area contributed by atoms with E-state index >= 15 is 0 Å². The van der Waals surface area contributed by atoms with Gasteiger partial charge in [0.15, 0.2) is 11.5 Å². The van der Waals surface area contributed by atoms with Crippen LogP contribution in [0.25, 0.3) is 0 Å². The van der Waals surface area contributed by atoms with Crippen LogP contribution in [0.4, 0.5) is 4.79 Å². The predicted molar refractivity (Wildman–Crippen MR) is 85.2 cm³/mol. The van der Waals surface area contributed by atoms with Crippen LogP contribution < -0.4 is 0 Å². The number of fused-ring (bicyclic) bond motifs is 1. The quantitative estimate of drug-likeness (QED) is 0.834. The summed E-state index contributed by atoms with van der Waals surface area (Å²) in [5.74, 6) is -0.300. The number of hydrogen-bond donors (Lipinski definition) is 2. The van der Waals surface area contributed by atoms with Gasteiger partial charge in [-0.25, -0.2) is 4.79 Å².